The zero-order valence-electron chi connectivity index (χ0n) is 18.7. The van der Waals surface area contributed by atoms with Crippen molar-refractivity contribution in [3.8, 4) is 5.75 Å². The summed E-state index contributed by atoms with van der Waals surface area (Å²) in [6.07, 6.45) is 6.08. The molecule has 0 heterocycles. The first-order chi connectivity index (χ1) is 14.7. The Balaban J connectivity index is 1.82. The molecule has 31 heavy (non-hydrogen) atoms. The second kappa shape index (κ2) is 9.73. The average Bonchev–Trinajstić information content (AvgIpc) is 2.76. The first kappa shape index (κ1) is 23.1. The Morgan fingerprint density at radius 2 is 1.74 bits per heavy atom. The molecule has 1 aliphatic rings. The number of sulfonamides is 1. The van der Waals surface area contributed by atoms with E-state index in [1.54, 1.807) is 31.4 Å². The van der Waals surface area contributed by atoms with E-state index in [1.165, 1.54) is 28.3 Å². The molecule has 3 rings (SSSR count). The summed E-state index contributed by atoms with van der Waals surface area (Å²) in [4.78, 5) is 13.2. The summed E-state index contributed by atoms with van der Waals surface area (Å²) in [6.45, 7) is 3.75. The fraction of sp³-hybridized carbons (Fsp3) is 0.458. The summed E-state index contributed by atoms with van der Waals surface area (Å²) in [5.41, 5.74) is 4.22. The molecule has 1 N–H and O–H groups in total. The van der Waals surface area contributed by atoms with Crippen LogP contribution in [0.5, 0.6) is 5.75 Å². The lowest BCUT2D eigenvalue weighted by molar-refractivity contribution is -0.122. The Hall–Kier alpha value is -2.54. The van der Waals surface area contributed by atoms with Crippen molar-refractivity contribution in [2.24, 2.45) is 0 Å². The highest BCUT2D eigenvalue weighted by atomic mass is 32.2. The molecule has 0 aromatic heterocycles. The number of amides is 1. The molecule has 0 fully saturated rings. The quantitative estimate of drug-likeness (QED) is 0.668. The number of hydrogen-bond donors (Lipinski definition) is 1. The Labute approximate surface area is 185 Å². The molecule has 0 unspecified atom stereocenters. The standard InChI is InChI=1S/C24H32N2O4S/c1-5-23(26(31(4,28)29)21-12-14-22(30-3)15-13-21)24(27)25-17(2)19-11-10-18-8-6-7-9-20(18)16-19/h10-17,23H,5-9H2,1-4H3,(H,25,27)/t17-,23+/m1/s1. The predicted molar refractivity (Wildman–Crippen MR) is 124 cm³/mol. The van der Waals surface area contributed by atoms with E-state index >= 15 is 0 Å². The van der Waals surface area contributed by atoms with Crippen LogP contribution < -0.4 is 14.4 Å². The molecule has 0 radical (unpaired) electrons. The number of ether oxygens (including phenoxy) is 1. The molecule has 0 saturated heterocycles. The molecule has 0 spiro atoms. The van der Waals surface area contributed by atoms with Gasteiger partial charge in [0.15, 0.2) is 0 Å². The Bertz CT molecular complexity index is 1020. The zero-order valence-corrected chi connectivity index (χ0v) is 19.5. The first-order valence-corrected chi connectivity index (χ1v) is 12.6. The van der Waals surface area contributed by atoms with Crippen LogP contribution in [0.4, 0.5) is 5.69 Å². The Kier molecular flexibility index (Phi) is 7.26. The minimum atomic E-state index is -3.67. The van der Waals surface area contributed by atoms with E-state index in [0.717, 1.165) is 24.7 Å². The van der Waals surface area contributed by atoms with Gasteiger partial charge in [-0.3, -0.25) is 9.10 Å². The van der Waals surface area contributed by atoms with Crippen molar-refractivity contribution in [2.75, 3.05) is 17.7 Å². The molecule has 2 aromatic carbocycles. The van der Waals surface area contributed by atoms with Crippen molar-refractivity contribution < 1.29 is 17.9 Å². The lowest BCUT2D eigenvalue weighted by Gasteiger charge is -2.31. The first-order valence-electron chi connectivity index (χ1n) is 10.8. The second-order valence-corrected chi connectivity index (χ2v) is 10.0. The van der Waals surface area contributed by atoms with Gasteiger partial charge in [-0.2, -0.15) is 0 Å². The molecule has 2 atom stereocenters. The average molecular weight is 445 g/mol. The van der Waals surface area contributed by atoms with E-state index in [-0.39, 0.29) is 11.9 Å². The third-order valence-electron chi connectivity index (χ3n) is 5.89. The molecular weight excluding hydrogens is 412 g/mol. The zero-order chi connectivity index (χ0) is 22.6. The van der Waals surface area contributed by atoms with E-state index in [0.29, 0.717) is 17.9 Å². The van der Waals surface area contributed by atoms with Crippen molar-refractivity contribution in [3.63, 3.8) is 0 Å². The van der Waals surface area contributed by atoms with Crippen LogP contribution in [-0.4, -0.2) is 33.7 Å². The minimum Gasteiger partial charge on any atom is -0.497 e. The molecule has 6 nitrogen and oxygen atoms in total. The largest absolute Gasteiger partial charge is 0.497 e. The number of benzene rings is 2. The van der Waals surface area contributed by atoms with Gasteiger partial charge in [0.05, 0.1) is 25.1 Å². The van der Waals surface area contributed by atoms with Crippen LogP contribution in [-0.2, 0) is 27.7 Å². The number of hydrogen-bond acceptors (Lipinski definition) is 4. The van der Waals surface area contributed by atoms with Gasteiger partial charge in [-0.05, 0) is 80.0 Å². The van der Waals surface area contributed by atoms with Gasteiger partial charge in [-0.15, -0.1) is 0 Å². The number of methoxy groups -OCH3 is 1. The second-order valence-electron chi connectivity index (χ2n) is 8.15. The van der Waals surface area contributed by atoms with Crippen LogP contribution >= 0.6 is 0 Å². The number of nitrogens with zero attached hydrogens (tertiary/aromatic N) is 1. The highest BCUT2D eigenvalue weighted by Crippen LogP contribution is 2.27. The Morgan fingerprint density at radius 3 is 2.32 bits per heavy atom. The van der Waals surface area contributed by atoms with Gasteiger partial charge in [-0.1, -0.05) is 25.1 Å². The number of rotatable bonds is 8. The van der Waals surface area contributed by atoms with Crippen molar-refractivity contribution in [1.29, 1.82) is 0 Å². The fourth-order valence-electron chi connectivity index (χ4n) is 4.21. The SMILES string of the molecule is CC[C@@H](C(=O)N[C@H](C)c1ccc2c(c1)CCCC2)N(c1ccc(OC)cc1)S(C)(=O)=O. The summed E-state index contributed by atoms with van der Waals surface area (Å²) in [5, 5.41) is 3.03. The number of carbonyl (C=O) groups excluding carboxylic acids is 1. The molecule has 0 bridgehead atoms. The van der Waals surface area contributed by atoms with Crippen molar-refractivity contribution in [3.05, 3.63) is 59.2 Å². The predicted octanol–water partition coefficient (Wildman–Crippen LogP) is 4.00. The molecule has 2 aromatic rings. The van der Waals surface area contributed by atoms with E-state index in [4.69, 9.17) is 4.74 Å². The van der Waals surface area contributed by atoms with E-state index < -0.39 is 16.1 Å². The molecular formula is C24H32N2O4S. The van der Waals surface area contributed by atoms with Crippen molar-refractivity contribution in [1.82, 2.24) is 5.32 Å². The molecule has 1 aliphatic carbocycles. The van der Waals surface area contributed by atoms with Gasteiger partial charge in [0.1, 0.15) is 11.8 Å². The number of anilines is 1. The minimum absolute atomic E-state index is 0.217. The van der Waals surface area contributed by atoms with Crippen LogP contribution in [0.25, 0.3) is 0 Å². The van der Waals surface area contributed by atoms with Crippen molar-refractivity contribution >= 4 is 21.6 Å². The number of nitrogens with one attached hydrogen (secondary N) is 1. The summed E-state index contributed by atoms with van der Waals surface area (Å²) in [6, 6.07) is 12.0. The van der Waals surface area contributed by atoms with Gasteiger partial charge in [0, 0.05) is 0 Å². The monoisotopic (exact) mass is 444 g/mol. The number of fused-ring (bicyclic) bond motifs is 1. The third-order valence-corrected chi connectivity index (χ3v) is 7.07. The molecule has 7 heteroatoms. The van der Waals surface area contributed by atoms with Gasteiger partial charge in [0.2, 0.25) is 15.9 Å². The number of aryl methyl sites for hydroxylation is 2. The fourth-order valence-corrected chi connectivity index (χ4v) is 5.42. The maximum Gasteiger partial charge on any atom is 0.244 e. The molecule has 168 valence electrons. The summed E-state index contributed by atoms with van der Waals surface area (Å²) in [5.74, 6) is 0.310. The lowest BCUT2D eigenvalue weighted by atomic mass is 9.89. The summed E-state index contributed by atoms with van der Waals surface area (Å²) in [7, 11) is -2.13. The van der Waals surface area contributed by atoms with Crippen LogP contribution in [0.1, 0.15) is 55.8 Å². The van der Waals surface area contributed by atoms with E-state index in [2.05, 4.69) is 23.5 Å². The third kappa shape index (κ3) is 5.39. The van der Waals surface area contributed by atoms with Crippen LogP contribution in [0.15, 0.2) is 42.5 Å². The maximum atomic E-state index is 13.2. The van der Waals surface area contributed by atoms with Gasteiger partial charge in [0.25, 0.3) is 0 Å². The van der Waals surface area contributed by atoms with Crippen LogP contribution in [0, 0.1) is 0 Å². The van der Waals surface area contributed by atoms with Crippen LogP contribution in [0.3, 0.4) is 0 Å². The smallest absolute Gasteiger partial charge is 0.244 e. The Morgan fingerprint density at radius 1 is 1.10 bits per heavy atom. The van der Waals surface area contributed by atoms with Crippen molar-refractivity contribution in [2.45, 2.75) is 58.0 Å². The molecule has 0 aliphatic heterocycles. The summed E-state index contributed by atoms with van der Waals surface area (Å²) >= 11 is 0. The maximum absolute atomic E-state index is 13.2. The molecule has 0 saturated carbocycles. The van der Waals surface area contributed by atoms with Gasteiger partial charge >= 0.3 is 0 Å². The molecule has 1 amide bonds. The van der Waals surface area contributed by atoms with Gasteiger partial charge < -0.3 is 10.1 Å². The van der Waals surface area contributed by atoms with Gasteiger partial charge in [-0.25, -0.2) is 8.42 Å². The van der Waals surface area contributed by atoms with E-state index in [1.807, 2.05) is 13.8 Å². The normalized spacial score (nSPS) is 15.5. The lowest BCUT2D eigenvalue weighted by Crippen LogP contribution is -2.49. The highest BCUT2D eigenvalue weighted by molar-refractivity contribution is 7.92. The summed E-state index contributed by atoms with van der Waals surface area (Å²) < 4.78 is 31.6. The topological polar surface area (TPSA) is 75.7 Å². The van der Waals surface area contributed by atoms with E-state index in [9.17, 15) is 13.2 Å². The van der Waals surface area contributed by atoms with Crippen LogP contribution in [0.2, 0.25) is 0 Å². The number of carbonyl (C=O) groups is 1. The highest BCUT2D eigenvalue weighted by Gasteiger charge is 2.32.